The van der Waals surface area contributed by atoms with Crippen LogP contribution in [0.5, 0.6) is 11.5 Å². The van der Waals surface area contributed by atoms with Crippen LogP contribution in [0.15, 0.2) is 42.6 Å². The van der Waals surface area contributed by atoms with Crippen molar-refractivity contribution in [3.63, 3.8) is 0 Å². The van der Waals surface area contributed by atoms with Crippen molar-refractivity contribution >= 4 is 33.9 Å². The molecule has 164 valence electrons. The van der Waals surface area contributed by atoms with Crippen molar-refractivity contribution in [2.24, 2.45) is 0 Å². The molecule has 0 unspecified atom stereocenters. The average molecular weight is 446 g/mol. The molecule has 0 bridgehead atoms. The van der Waals surface area contributed by atoms with Crippen molar-refractivity contribution in [3.8, 4) is 11.5 Å². The molecule has 0 radical (unpaired) electrons. The van der Waals surface area contributed by atoms with Gasteiger partial charge >= 0.3 is 0 Å². The van der Waals surface area contributed by atoms with Gasteiger partial charge in [-0.2, -0.15) is 0 Å². The fourth-order valence-electron chi connectivity index (χ4n) is 3.63. The lowest BCUT2D eigenvalue weighted by Gasteiger charge is -2.26. The molecule has 1 fully saturated rings. The maximum Gasteiger partial charge on any atom is 0.187 e. The molecule has 2 heterocycles. The summed E-state index contributed by atoms with van der Waals surface area (Å²) in [5, 5.41) is 4.26. The fourth-order valence-corrected chi connectivity index (χ4v) is 3.78. The minimum atomic E-state index is -0.426. The molecule has 0 saturated carbocycles. The number of fused-ring (bicyclic) bond motifs is 1. The van der Waals surface area contributed by atoms with Gasteiger partial charge in [0.25, 0.3) is 0 Å². The lowest BCUT2D eigenvalue weighted by atomic mass is 10.1. The number of halogens is 2. The van der Waals surface area contributed by atoms with E-state index in [1.165, 1.54) is 6.07 Å². The van der Waals surface area contributed by atoms with E-state index in [-0.39, 0.29) is 0 Å². The van der Waals surface area contributed by atoms with Gasteiger partial charge in [0.1, 0.15) is 11.3 Å². The van der Waals surface area contributed by atoms with E-state index in [4.69, 9.17) is 25.8 Å². The Bertz CT molecular complexity index is 1040. The first-order valence-electron chi connectivity index (χ1n) is 10.3. The summed E-state index contributed by atoms with van der Waals surface area (Å²) >= 11 is 5.85. The molecule has 0 amide bonds. The van der Waals surface area contributed by atoms with Crippen molar-refractivity contribution in [1.82, 2.24) is 9.88 Å². The number of methoxy groups -OCH3 is 1. The zero-order chi connectivity index (χ0) is 21.6. The van der Waals surface area contributed by atoms with Gasteiger partial charge in [0.15, 0.2) is 11.5 Å². The highest BCUT2D eigenvalue weighted by Gasteiger charge is 2.15. The molecule has 0 aliphatic carbocycles. The smallest absolute Gasteiger partial charge is 0.187 e. The van der Waals surface area contributed by atoms with Gasteiger partial charge in [-0.15, -0.1) is 0 Å². The number of ether oxygens (including phenoxy) is 3. The summed E-state index contributed by atoms with van der Waals surface area (Å²) in [5.41, 5.74) is 1.69. The quantitative estimate of drug-likeness (QED) is 0.499. The van der Waals surface area contributed by atoms with E-state index in [9.17, 15) is 4.39 Å². The van der Waals surface area contributed by atoms with Crippen LogP contribution in [0.25, 0.3) is 10.9 Å². The van der Waals surface area contributed by atoms with Crippen LogP contribution in [-0.2, 0) is 4.74 Å². The summed E-state index contributed by atoms with van der Waals surface area (Å²) in [5.74, 6) is 0.771. The number of benzene rings is 2. The first kappa shape index (κ1) is 21.6. The van der Waals surface area contributed by atoms with Gasteiger partial charge < -0.3 is 19.5 Å². The Kier molecular flexibility index (Phi) is 7.06. The van der Waals surface area contributed by atoms with E-state index in [2.05, 4.69) is 15.2 Å². The third-order valence-electron chi connectivity index (χ3n) is 5.21. The van der Waals surface area contributed by atoms with Gasteiger partial charge in [-0.05, 0) is 42.8 Å². The lowest BCUT2D eigenvalue weighted by Crippen LogP contribution is -2.37. The zero-order valence-corrected chi connectivity index (χ0v) is 18.1. The molecule has 0 atom stereocenters. The molecular weight excluding hydrogens is 421 g/mol. The topological polar surface area (TPSA) is 55.9 Å². The maximum atomic E-state index is 14.2. The average Bonchev–Trinajstić information content (AvgIpc) is 2.79. The predicted molar refractivity (Wildman–Crippen MR) is 120 cm³/mol. The van der Waals surface area contributed by atoms with E-state index in [1.54, 1.807) is 31.5 Å². The Balaban J connectivity index is 1.50. The van der Waals surface area contributed by atoms with Crippen LogP contribution < -0.4 is 14.8 Å². The molecule has 1 aliphatic rings. The van der Waals surface area contributed by atoms with Gasteiger partial charge in [-0.3, -0.25) is 9.88 Å². The Morgan fingerprint density at radius 1 is 1.16 bits per heavy atom. The summed E-state index contributed by atoms with van der Waals surface area (Å²) in [6, 6.07) is 10.1. The number of morpholine rings is 1. The second-order valence-electron chi connectivity index (χ2n) is 7.26. The van der Waals surface area contributed by atoms with Gasteiger partial charge in [0.05, 0.1) is 32.6 Å². The molecule has 1 saturated heterocycles. The molecule has 1 aliphatic heterocycles. The van der Waals surface area contributed by atoms with Gasteiger partial charge in [-0.1, -0.05) is 11.6 Å². The largest absolute Gasteiger partial charge is 0.491 e. The van der Waals surface area contributed by atoms with E-state index in [0.717, 1.165) is 44.7 Å². The van der Waals surface area contributed by atoms with E-state index >= 15 is 0 Å². The lowest BCUT2D eigenvalue weighted by molar-refractivity contribution is 0.0357. The van der Waals surface area contributed by atoms with E-state index in [0.29, 0.717) is 40.0 Å². The highest BCUT2D eigenvalue weighted by atomic mass is 35.5. The predicted octanol–water partition coefficient (Wildman–Crippen LogP) is 4.88. The molecule has 31 heavy (non-hydrogen) atoms. The minimum Gasteiger partial charge on any atom is -0.491 e. The van der Waals surface area contributed by atoms with E-state index < -0.39 is 5.82 Å². The normalized spacial score (nSPS) is 14.5. The van der Waals surface area contributed by atoms with Crippen LogP contribution in [-0.4, -0.2) is 56.4 Å². The SMILES string of the molecule is COc1c(OCCCN2CCOCC2)ccc2c(Nc3ccc(Cl)cc3F)ccnc12. The molecule has 4 rings (SSSR count). The maximum absolute atomic E-state index is 14.2. The highest BCUT2D eigenvalue weighted by molar-refractivity contribution is 6.30. The van der Waals surface area contributed by atoms with Gasteiger partial charge in [-0.25, -0.2) is 4.39 Å². The van der Waals surface area contributed by atoms with Crippen molar-refractivity contribution < 1.29 is 18.6 Å². The van der Waals surface area contributed by atoms with E-state index in [1.807, 2.05) is 12.1 Å². The number of rotatable bonds is 8. The second kappa shape index (κ2) is 10.1. The Morgan fingerprint density at radius 2 is 2.00 bits per heavy atom. The molecule has 1 aromatic heterocycles. The molecular formula is C23H25ClFN3O3. The van der Waals surface area contributed by atoms with Crippen LogP contribution in [0.3, 0.4) is 0 Å². The highest BCUT2D eigenvalue weighted by Crippen LogP contribution is 2.38. The third kappa shape index (κ3) is 5.18. The summed E-state index contributed by atoms with van der Waals surface area (Å²) in [7, 11) is 1.59. The number of nitrogens with zero attached hydrogens (tertiary/aromatic N) is 2. The zero-order valence-electron chi connectivity index (χ0n) is 17.4. The molecule has 3 aromatic rings. The molecule has 8 heteroatoms. The minimum absolute atomic E-state index is 0.333. The van der Waals surface area contributed by atoms with Crippen LogP contribution in [0.1, 0.15) is 6.42 Å². The number of hydrogen-bond donors (Lipinski definition) is 1. The van der Waals surface area contributed by atoms with Crippen LogP contribution >= 0.6 is 11.6 Å². The molecule has 2 aromatic carbocycles. The van der Waals surface area contributed by atoms with Crippen LogP contribution in [0.4, 0.5) is 15.8 Å². The Hall–Kier alpha value is -2.61. The monoisotopic (exact) mass is 445 g/mol. The number of hydrogen-bond acceptors (Lipinski definition) is 6. The summed E-state index contributed by atoms with van der Waals surface area (Å²) in [6.07, 6.45) is 2.56. The van der Waals surface area contributed by atoms with Gasteiger partial charge in [0, 0.05) is 41.9 Å². The van der Waals surface area contributed by atoms with Crippen molar-refractivity contribution in [2.75, 3.05) is 51.9 Å². The first-order chi connectivity index (χ1) is 15.2. The summed E-state index contributed by atoms with van der Waals surface area (Å²) in [6.45, 7) is 5.06. The number of pyridine rings is 1. The van der Waals surface area contributed by atoms with Crippen LogP contribution in [0.2, 0.25) is 5.02 Å². The molecule has 0 spiro atoms. The molecule has 1 N–H and O–H groups in total. The van der Waals surface area contributed by atoms with Gasteiger partial charge in [0.2, 0.25) is 0 Å². The van der Waals surface area contributed by atoms with Crippen molar-refractivity contribution in [1.29, 1.82) is 0 Å². The summed E-state index contributed by atoms with van der Waals surface area (Å²) < 4.78 is 31.2. The van der Waals surface area contributed by atoms with Crippen LogP contribution in [0, 0.1) is 5.82 Å². The summed E-state index contributed by atoms with van der Waals surface area (Å²) in [4.78, 5) is 6.85. The standard InChI is InChI=1S/C23H25ClFN3O3/c1-29-23-21(31-12-2-9-28-10-13-30-14-11-28)6-4-17-19(7-8-26-22(17)23)27-20-5-3-16(24)15-18(20)25/h3-8,15H,2,9-14H2,1H3,(H,26,27). The molecule has 6 nitrogen and oxygen atoms in total. The number of anilines is 2. The van der Waals surface area contributed by atoms with Crippen molar-refractivity contribution in [3.05, 3.63) is 53.4 Å². The Morgan fingerprint density at radius 3 is 2.77 bits per heavy atom. The Labute approximate surface area is 185 Å². The third-order valence-corrected chi connectivity index (χ3v) is 5.45. The fraction of sp³-hybridized carbons (Fsp3) is 0.348. The number of nitrogens with one attached hydrogen (secondary N) is 1. The number of aromatic nitrogens is 1. The first-order valence-corrected chi connectivity index (χ1v) is 10.6. The second-order valence-corrected chi connectivity index (χ2v) is 7.69. The van der Waals surface area contributed by atoms with Crippen molar-refractivity contribution in [2.45, 2.75) is 6.42 Å².